The Morgan fingerprint density at radius 1 is 1.30 bits per heavy atom. The van der Waals surface area contributed by atoms with Crippen LogP contribution in [0, 0.1) is 22.7 Å². The zero-order valence-corrected chi connectivity index (χ0v) is 14.4. The van der Waals surface area contributed by atoms with Gasteiger partial charge in [0.25, 0.3) is 0 Å². The molecule has 114 valence electrons. The lowest BCUT2D eigenvalue weighted by molar-refractivity contribution is -0.0539. The summed E-state index contributed by atoms with van der Waals surface area (Å²) in [5.74, 6) is 1.64. The maximum atomic E-state index is 4.46. The van der Waals surface area contributed by atoms with E-state index in [1.165, 1.54) is 44.9 Å². The quantitative estimate of drug-likeness (QED) is 0.513. The average Bonchev–Trinajstić information content (AvgIpc) is 2.36. The Balaban J connectivity index is 2.22. The van der Waals surface area contributed by atoms with Crippen LogP contribution in [0.25, 0.3) is 0 Å². The first-order valence-electron chi connectivity index (χ1n) is 8.60. The molecule has 0 heterocycles. The van der Waals surface area contributed by atoms with Gasteiger partial charge in [-0.25, -0.2) is 0 Å². The summed E-state index contributed by atoms with van der Waals surface area (Å²) in [6, 6.07) is 0. The molecule has 0 radical (unpaired) electrons. The van der Waals surface area contributed by atoms with E-state index in [9.17, 15) is 0 Å². The summed E-state index contributed by atoms with van der Waals surface area (Å²) in [5, 5.41) is 0. The van der Waals surface area contributed by atoms with Gasteiger partial charge in [-0.05, 0) is 75.0 Å². The van der Waals surface area contributed by atoms with Crippen LogP contribution in [0.5, 0.6) is 0 Å². The predicted octanol–water partition coefficient (Wildman–Crippen LogP) is 6.53. The van der Waals surface area contributed by atoms with Crippen molar-refractivity contribution in [2.24, 2.45) is 22.7 Å². The third-order valence-corrected chi connectivity index (χ3v) is 6.64. The number of rotatable bonds is 3. The summed E-state index contributed by atoms with van der Waals surface area (Å²) in [4.78, 5) is 0. The molecule has 0 aromatic rings. The molecule has 0 aliphatic heterocycles. The van der Waals surface area contributed by atoms with Crippen molar-refractivity contribution in [3.8, 4) is 0 Å². The van der Waals surface area contributed by atoms with E-state index in [2.05, 4.69) is 47.3 Å². The Morgan fingerprint density at radius 2 is 2.00 bits per heavy atom. The zero-order valence-electron chi connectivity index (χ0n) is 14.4. The average molecular weight is 274 g/mol. The van der Waals surface area contributed by atoms with Crippen LogP contribution in [0.4, 0.5) is 0 Å². The summed E-state index contributed by atoms with van der Waals surface area (Å²) in [5.41, 5.74) is 4.12. The van der Waals surface area contributed by atoms with Gasteiger partial charge >= 0.3 is 0 Å². The molecule has 0 N–H and O–H groups in total. The highest BCUT2D eigenvalue weighted by molar-refractivity contribution is 5.16. The molecule has 0 saturated heterocycles. The smallest absolute Gasteiger partial charge is 0.0146 e. The molecule has 2 fully saturated rings. The molecular weight excluding hydrogens is 240 g/mol. The van der Waals surface area contributed by atoms with Gasteiger partial charge in [-0.2, -0.15) is 0 Å². The van der Waals surface area contributed by atoms with E-state index in [0.29, 0.717) is 10.8 Å². The molecule has 0 amide bonds. The van der Waals surface area contributed by atoms with Gasteiger partial charge in [0, 0.05) is 0 Å². The van der Waals surface area contributed by atoms with Crippen molar-refractivity contribution in [1.82, 2.24) is 0 Å². The van der Waals surface area contributed by atoms with Crippen molar-refractivity contribution >= 4 is 0 Å². The Labute approximate surface area is 126 Å². The fourth-order valence-electron chi connectivity index (χ4n) is 5.32. The second-order valence-electron chi connectivity index (χ2n) is 8.32. The summed E-state index contributed by atoms with van der Waals surface area (Å²) >= 11 is 0. The molecule has 2 aliphatic rings. The first-order chi connectivity index (χ1) is 9.31. The minimum atomic E-state index is 0.505. The standard InChI is InChI=1S/C20H34/c1-7-15(2)9-11-17-16(3)10-12-18-19(4,5)13-8-14-20(17,18)6/h7,17-18H,3,8-14H2,1-2,4-6H3/b15-7+/t17?,18-,20+/m0/s1. The Bertz CT molecular complexity index is 398. The Hall–Kier alpha value is -0.520. The highest BCUT2D eigenvalue weighted by atomic mass is 14.6. The Kier molecular flexibility index (Phi) is 4.52. The van der Waals surface area contributed by atoms with Crippen molar-refractivity contribution in [2.45, 2.75) is 79.6 Å². The first kappa shape index (κ1) is 15.9. The lowest BCUT2D eigenvalue weighted by Gasteiger charge is -2.58. The fraction of sp³-hybridized carbons (Fsp3) is 0.800. The summed E-state index contributed by atoms with van der Waals surface area (Å²) in [6.07, 6.45) is 11.7. The van der Waals surface area contributed by atoms with E-state index in [0.717, 1.165) is 11.8 Å². The molecule has 1 unspecified atom stereocenters. The van der Waals surface area contributed by atoms with E-state index >= 15 is 0 Å². The van der Waals surface area contributed by atoms with Crippen LogP contribution in [0.1, 0.15) is 79.6 Å². The van der Waals surface area contributed by atoms with E-state index < -0.39 is 0 Å². The van der Waals surface area contributed by atoms with Crippen LogP contribution < -0.4 is 0 Å². The van der Waals surface area contributed by atoms with Crippen LogP contribution in [0.3, 0.4) is 0 Å². The molecule has 2 aliphatic carbocycles. The predicted molar refractivity (Wildman–Crippen MR) is 89.8 cm³/mol. The second kappa shape index (κ2) is 5.70. The van der Waals surface area contributed by atoms with E-state index in [4.69, 9.17) is 0 Å². The lowest BCUT2D eigenvalue weighted by atomic mass is 9.47. The molecule has 0 bridgehead atoms. The first-order valence-corrected chi connectivity index (χ1v) is 8.60. The molecule has 0 heteroatoms. The van der Waals surface area contributed by atoms with Gasteiger partial charge in [0.2, 0.25) is 0 Å². The van der Waals surface area contributed by atoms with Crippen molar-refractivity contribution in [3.05, 3.63) is 23.8 Å². The minimum Gasteiger partial charge on any atom is -0.0996 e. The molecule has 3 atom stereocenters. The summed E-state index contributed by atoms with van der Waals surface area (Å²) < 4.78 is 0. The second-order valence-corrected chi connectivity index (χ2v) is 8.32. The topological polar surface area (TPSA) is 0 Å². The van der Waals surface area contributed by atoms with Crippen molar-refractivity contribution in [1.29, 1.82) is 0 Å². The van der Waals surface area contributed by atoms with Gasteiger partial charge in [-0.15, -0.1) is 0 Å². The van der Waals surface area contributed by atoms with Crippen LogP contribution >= 0.6 is 0 Å². The molecular formula is C20H34. The van der Waals surface area contributed by atoms with Crippen molar-refractivity contribution < 1.29 is 0 Å². The zero-order chi connectivity index (χ0) is 15.0. The monoisotopic (exact) mass is 274 g/mol. The number of fused-ring (bicyclic) bond motifs is 1. The largest absolute Gasteiger partial charge is 0.0996 e. The molecule has 2 rings (SSSR count). The lowest BCUT2D eigenvalue weighted by Crippen LogP contribution is -2.49. The van der Waals surface area contributed by atoms with Gasteiger partial charge in [-0.1, -0.05) is 51.0 Å². The highest BCUT2D eigenvalue weighted by Gasteiger charge is 2.52. The van der Waals surface area contributed by atoms with Gasteiger partial charge in [0.1, 0.15) is 0 Å². The fourth-order valence-corrected chi connectivity index (χ4v) is 5.32. The SMILES string of the molecule is C=C1CC[C@H]2C(C)(C)CCC[C@]2(C)C1CC/C(C)=C/C. The molecule has 0 aromatic heterocycles. The van der Waals surface area contributed by atoms with Gasteiger partial charge < -0.3 is 0 Å². The molecule has 20 heavy (non-hydrogen) atoms. The molecule has 2 saturated carbocycles. The normalized spacial score (nSPS) is 37.6. The number of hydrogen-bond acceptors (Lipinski definition) is 0. The van der Waals surface area contributed by atoms with Crippen molar-refractivity contribution in [3.63, 3.8) is 0 Å². The van der Waals surface area contributed by atoms with Gasteiger partial charge in [0.05, 0.1) is 0 Å². The Morgan fingerprint density at radius 3 is 2.65 bits per heavy atom. The highest BCUT2D eigenvalue weighted by Crippen LogP contribution is 2.61. The van der Waals surface area contributed by atoms with Gasteiger partial charge in [-0.3, -0.25) is 0 Å². The van der Waals surface area contributed by atoms with Crippen molar-refractivity contribution in [2.75, 3.05) is 0 Å². The summed E-state index contributed by atoms with van der Waals surface area (Å²) in [7, 11) is 0. The maximum Gasteiger partial charge on any atom is -0.0146 e. The number of hydrogen-bond donors (Lipinski definition) is 0. The molecule has 0 nitrogen and oxygen atoms in total. The minimum absolute atomic E-state index is 0.505. The van der Waals surface area contributed by atoms with E-state index in [1.54, 1.807) is 11.1 Å². The van der Waals surface area contributed by atoms with E-state index in [1.807, 2.05) is 0 Å². The molecule has 0 aromatic carbocycles. The maximum absolute atomic E-state index is 4.46. The third kappa shape index (κ3) is 2.76. The third-order valence-electron chi connectivity index (χ3n) is 6.64. The number of allylic oxidation sites excluding steroid dienone is 3. The summed E-state index contributed by atoms with van der Waals surface area (Å²) in [6.45, 7) is 16.5. The van der Waals surface area contributed by atoms with Crippen LogP contribution in [-0.2, 0) is 0 Å². The van der Waals surface area contributed by atoms with E-state index in [-0.39, 0.29) is 0 Å². The van der Waals surface area contributed by atoms with Crippen LogP contribution in [0.15, 0.2) is 23.8 Å². The van der Waals surface area contributed by atoms with Crippen LogP contribution in [-0.4, -0.2) is 0 Å². The molecule has 0 spiro atoms. The van der Waals surface area contributed by atoms with Gasteiger partial charge in [0.15, 0.2) is 0 Å². The van der Waals surface area contributed by atoms with Crippen LogP contribution in [0.2, 0.25) is 0 Å².